The summed E-state index contributed by atoms with van der Waals surface area (Å²) in [4.78, 5) is 11.8. The van der Waals surface area contributed by atoms with Gasteiger partial charge in [0.1, 0.15) is 0 Å². The van der Waals surface area contributed by atoms with E-state index in [1.54, 1.807) is 26.0 Å². The van der Waals surface area contributed by atoms with Crippen molar-refractivity contribution >= 4 is 25.3 Å². The van der Waals surface area contributed by atoms with Crippen molar-refractivity contribution in [1.82, 2.24) is 5.09 Å². The Kier molecular flexibility index (Phi) is 5.82. The van der Waals surface area contributed by atoms with Crippen LogP contribution in [-0.2, 0) is 13.6 Å². The number of benzene rings is 1. The Balaban J connectivity index is 2.78. The summed E-state index contributed by atoms with van der Waals surface area (Å²) in [7, 11) is -3.59. The molecule has 0 atom stereocenters. The molecule has 0 fully saturated rings. The molecule has 1 amide bonds. The molecule has 1 N–H and O–H groups in total. The van der Waals surface area contributed by atoms with Crippen molar-refractivity contribution in [2.75, 3.05) is 13.2 Å². The molecule has 0 aliphatic heterocycles. The molecule has 0 aliphatic rings. The lowest BCUT2D eigenvalue weighted by molar-refractivity contribution is 0.0960. The van der Waals surface area contributed by atoms with Crippen LogP contribution in [0.1, 0.15) is 24.2 Å². The Labute approximate surface area is 111 Å². The topological polar surface area (TPSA) is 64.6 Å². The van der Waals surface area contributed by atoms with E-state index in [2.05, 4.69) is 5.09 Å². The Morgan fingerprint density at radius 3 is 2.17 bits per heavy atom. The highest BCUT2D eigenvalue weighted by Crippen LogP contribution is 2.43. The van der Waals surface area contributed by atoms with E-state index in [1.165, 1.54) is 12.1 Å². The number of amides is 1. The van der Waals surface area contributed by atoms with Crippen molar-refractivity contribution in [3.05, 3.63) is 34.9 Å². The van der Waals surface area contributed by atoms with Gasteiger partial charge >= 0.3 is 7.75 Å². The number of hydrogen-bond acceptors (Lipinski definition) is 4. The first-order valence-electron chi connectivity index (χ1n) is 5.48. The molecule has 0 spiro atoms. The average molecular weight is 292 g/mol. The molecule has 1 aromatic rings. The van der Waals surface area contributed by atoms with Gasteiger partial charge in [0.25, 0.3) is 5.91 Å². The fraction of sp³-hybridized carbons (Fsp3) is 0.364. The van der Waals surface area contributed by atoms with Crippen LogP contribution in [0, 0.1) is 0 Å². The molecule has 1 aromatic carbocycles. The highest BCUT2D eigenvalue weighted by atomic mass is 35.5. The summed E-state index contributed by atoms with van der Waals surface area (Å²) in [5, 5.41) is 2.78. The molecule has 0 bridgehead atoms. The average Bonchev–Trinajstić information content (AvgIpc) is 2.30. The van der Waals surface area contributed by atoms with Crippen LogP contribution < -0.4 is 5.09 Å². The minimum absolute atomic E-state index is 0.179. The van der Waals surface area contributed by atoms with E-state index in [0.717, 1.165) is 0 Å². The molecule has 0 aliphatic carbocycles. The first-order chi connectivity index (χ1) is 8.50. The molecule has 0 saturated heterocycles. The van der Waals surface area contributed by atoms with Crippen molar-refractivity contribution in [3.63, 3.8) is 0 Å². The van der Waals surface area contributed by atoms with Gasteiger partial charge in [0.15, 0.2) is 0 Å². The van der Waals surface area contributed by atoms with E-state index < -0.39 is 13.7 Å². The van der Waals surface area contributed by atoms with Crippen molar-refractivity contribution in [3.8, 4) is 0 Å². The first-order valence-corrected chi connectivity index (χ1v) is 7.40. The second-order valence-electron chi connectivity index (χ2n) is 3.28. The van der Waals surface area contributed by atoms with Gasteiger partial charge in [0, 0.05) is 10.6 Å². The van der Waals surface area contributed by atoms with E-state index >= 15 is 0 Å². The Morgan fingerprint density at radius 2 is 1.72 bits per heavy atom. The third-order valence-corrected chi connectivity index (χ3v) is 3.87. The quantitative estimate of drug-likeness (QED) is 0.817. The van der Waals surface area contributed by atoms with Gasteiger partial charge in [-0.25, -0.2) is 4.57 Å². The van der Waals surface area contributed by atoms with Gasteiger partial charge in [-0.1, -0.05) is 11.6 Å². The predicted octanol–water partition coefficient (Wildman–Crippen LogP) is 3.25. The zero-order valence-corrected chi connectivity index (χ0v) is 11.8. The standard InChI is InChI=1S/C11H15ClNO4P/c1-3-16-18(15,17-4-2)13-11(14)9-5-7-10(12)8-6-9/h5-8H,3-4H2,1-2H3,(H,13,14,15). The van der Waals surface area contributed by atoms with Crippen LogP contribution in [0.5, 0.6) is 0 Å². The van der Waals surface area contributed by atoms with Crippen LogP contribution in [-0.4, -0.2) is 19.1 Å². The number of halogens is 1. The van der Waals surface area contributed by atoms with E-state index in [0.29, 0.717) is 10.6 Å². The molecule has 0 saturated carbocycles. The lowest BCUT2D eigenvalue weighted by Crippen LogP contribution is -2.23. The number of carbonyl (C=O) groups excluding carboxylic acids is 1. The smallest absolute Gasteiger partial charge is 0.293 e. The van der Waals surface area contributed by atoms with Gasteiger partial charge in [-0.3, -0.25) is 18.9 Å². The summed E-state index contributed by atoms with van der Waals surface area (Å²) in [5.41, 5.74) is 0.332. The van der Waals surface area contributed by atoms with Gasteiger partial charge in [-0.15, -0.1) is 0 Å². The van der Waals surface area contributed by atoms with Crippen molar-refractivity contribution in [2.24, 2.45) is 0 Å². The van der Waals surface area contributed by atoms with Crippen LogP contribution in [0.15, 0.2) is 24.3 Å². The van der Waals surface area contributed by atoms with Crippen molar-refractivity contribution in [1.29, 1.82) is 0 Å². The third kappa shape index (κ3) is 4.42. The summed E-state index contributed by atoms with van der Waals surface area (Å²) in [5.74, 6) is -0.531. The SMILES string of the molecule is CCOP(=O)(NC(=O)c1ccc(Cl)cc1)OCC. The van der Waals surface area contributed by atoms with Gasteiger partial charge < -0.3 is 0 Å². The number of carbonyl (C=O) groups is 1. The monoisotopic (exact) mass is 291 g/mol. The van der Waals surface area contributed by atoms with Crippen molar-refractivity contribution in [2.45, 2.75) is 13.8 Å². The van der Waals surface area contributed by atoms with Gasteiger partial charge in [0.05, 0.1) is 13.2 Å². The molecule has 5 nitrogen and oxygen atoms in total. The normalized spacial score (nSPS) is 11.3. The highest BCUT2D eigenvalue weighted by molar-refractivity contribution is 7.52. The second kappa shape index (κ2) is 6.90. The number of nitrogens with one attached hydrogen (secondary N) is 1. The molecular formula is C11H15ClNO4P. The van der Waals surface area contributed by atoms with Crippen LogP contribution in [0.2, 0.25) is 5.02 Å². The van der Waals surface area contributed by atoms with Crippen LogP contribution >= 0.6 is 19.3 Å². The van der Waals surface area contributed by atoms with E-state index in [1.807, 2.05) is 0 Å². The Hall–Kier alpha value is -0.870. The van der Waals surface area contributed by atoms with Crippen LogP contribution in [0.25, 0.3) is 0 Å². The lowest BCUT2D eigenvalue weighted by Gasteiger charge is -2.17. The molecular weight excluding hydrogens is 277 g/mol. The predicted molar refractivity (Wildman–Crippen MR) is 69.8 cm³/mol. The molecule has 18 heavy (non-hydrogen) atoms. The first kappa shape index (κ1) is 15.2. The summed E-state index contributed by atoms with van der Waals surface area (Å²) in [6.45, 7) is 3.69. The van der Waals surface area contributed by atoms with Gasteiger partial charge in [0.2, 0.25) is 0 Å². The maximum Gasteiger partial charge on any atom is 0.435 e. The minimum atomic E-state index is -3.59. The molecule has 1 rings (SSSR count). The fourth-order valence-corrected chi connectivity index (χ4v) is 2.62. The molecule has 0 heterocycles. The van der Waals surface area contributed by atoms with E-state index in [9.17, 15) is 9.36 Å². The molecule has 0 aromatic heterocycles. The van der Waals surface area contributed by atoms with Crippen molar-refractivity contribution < 1.29 is 18.4 Å². The Morgan fingerprint density at radius 1 is 1.22 bits per heavy atom. The van der Waals surface area contributed by atoms with E-state index in [-0.39, 0.29) is 13.2 Å². The Bertz CT molecular complexity index is 439. The molecule has 0 unspecified atom stereocenters. The van der Waals surface area contributed by atoms with Gasteiger partial charge in [-0.2, -0.15) is 0 Å². The largest absolute Gasteiger partial charge is 0.435 e. The zero-order valence-electron chi connectivity index (χ0n) is 10.2. The molecule has 0 radical (unpaired) electrons. The fourth-order valence-electron chi connectivity index (χ4n) is 1.23. The summed E-state index contributed by atoms with van der Waals surface area (Å²) >= 11 is 5.71. The van der Waals surface area contributed by atoms with Crippen LogP contribution in [0.3, 0.4) is 0 Å². The summed E-state index contributed by atoms with van der Waals surface area (Å²) in [6, 6.07) is 6.20. The maximum absolute atomic E-state index is 12.1. The lowest BCUT2D eigenvalue weighted by atomic mass is 10.2. The van der Waals surface area contributed by atoms with Crippen LogP contribution in [0.4, 0.5) is 0 Å². The van der Waals surface area contributed by atoms with Gasteiger partial charge in [-0.05, 0) is 38.1 Å². The maximum atomic E-state index is 12.1. The highest BCUT2D eigenvalue weighted by Gasteiger charge is 2.26. The summed E-state index contributed by atoms with van der Waals surface area (Å²) < 4.78 is 22.0. The second-order valence-corrected chi connectivity index (χ2v) is 5.45. The summed E-state index contributed by atoms with van der Waals surface area (Å²) in [6.07, 6.45) is 0. The van der Waals surface area contributed by atoms with E-state index in [4.69, 9.17) is 20.6 Å². The number of rotatable bonds is 6. The third-order valence-electron chi connectivity index (χ3n) is 1.94. The molecule has 100 valence electrons. The minimum Gasteiger partial charge on any atom is -0.293 e. The number of hydrogen-bond donors (Lipinski definition) is 1. The molecule has 7 heteroatoms. The zero-order chi connectivity index (χ0) is 13.6.